The average Bonchev–Trinajstić information content (AvgIpc) is 2.72. The van der Waals surface area contributed by atoms with Gasteiger partial charge in [0, 0.05) is 18.4 Å². The van der Waals surface area contributed by atoms with E-state index in [0.717, 1.165) is 12.2 Å². The lowest BCUT2D eigenvalue weighted by atomic mass is 9.78. The first kappa shape index (κ1) is 20.1. The molecule has 0 aliphatic carbocycles. The van der Waals surface area contributed by atoms with E-state index in [-0.39, 0.29) is 5.41 Å². The van der Waals surface area contributed by atoms with Crippen molar-refractivity contribution in [2.24, 2.45) is 0 Å². The van der Waals surface area contributed by atoms with Gasteiger partial charge in [-0.2, -0.15) is 0 Å². The molecule has 1 heterocycles. The van der Waals surface area contributed by atoms with Crippen molar-refractivity contribution in [1.29, 1.82) is 0 Å². The van der Waals surface area contributed by atoms with Gasteiger partial charge in [0.2, 0.25) is 0 Å². The summed E-state index contributed by atoms with van der Waals surface area (Å²) in [5, 5.41) is 3.84. The van der Waals surface area contributed by atoms with Crippen molar-refractivity contribution in [2.45, 2.75) is 51.9 Å². The highest BCUT2D eigenvalue weighted by atomic mass is 14.9. The fourth-order valence-corrected chi connectivity index (χ4v) is 3.86. The first-order valence-electron chi connectivity index (χ1n) is 10.3. The highest BCUT2D eigenvalue weighted by molar-refractivity contribution is 5.61. The molecule has 0 spiro atoms. The van der Waals surface area contributed by atoms with Gasteiger partial charge in [-0.1, -0.05) is 82.3 Å². The molecule has 0 aliphatic heterocycles. The minimum Gasteiger partial charge on any atom is -0.383 e. The van der Waals surface area contributed by atoms with Crippen LogP contribution in [0, 0.1) is 0 Å². The Hall–Kier alpha value is -2.61. The highest BCUT2D eigenvalue weighted by Crippen LogP contribution is 2.35. The summed E-state index contributed by atoms with van der Waals surface area (Å²) in [6.07, 6.45) is 1.89. The summed E-state index contributed by atoms with van der Waals surface area (Å²) in [5.74, 6) is 0.943. The zero-order chi connectivity index (χ0) is 20.1. The topological polar surface area (TPSA) is 24.9 Å². The number of anilines is 1. The summed E-state index contributed by atoms with van der Waals surface area (Å²) in [4.78, 5) is 4.71. The number of para-hydroxylation sites is 1. The second-order valence-electron chi connectivity index (χ2n) is 8.39. The van der Waals surface area contributed by atoms with Crippen LogP contribution < -0.4 is 5.32 Å². The zero-order valence-corrected chi connectivity index (χ0v) is 17.7. The van der Waals surface area contributed by atoms with Gasteiger partial charge in [0.05, 0.1) is 11.1 Å². The number of rotatable bonds is 7. The minimum atomic E-state index is -0.221. The van der Waals surface area contributed by atoms with E-state index < -0.39 is 0 Å². The highest BCUT2D eigenvalue weighted by Gasteiger charge is 2.30. The quantitative estimate of drug-likeness (QED) is 0.496. The fourth-order valence-electron chi connectivity index (χ4n) is 3.86. The predicted octanol–water partition coefficient (Wildman–Crippen LogP) is 6.75. The summed E-state index contributed by atoms with van der Waals surface area (Å²) in [6, 6.07) is 23.6. The van der Waals surface area contributed by atoms with E-state index in [1.165, 1.54) is 22.4 Å². The summed E-state index contributed by atoms with van der Waals surface area (Å²) in [6.45, 7) is 12.1. The summed E-state index contributed by atoms with van der Waals surface area (Å²) in [5.41, 5.74) is 6.17. The fraction of sp³-hybridized carbons (Fsp3) is 0.346. The van der Waals surface area contributed by atoms with Crippen molar-refractivity contribution in [2.75, 3.05) is 11.9 Å². The van der Waals surface area contributed by atoms with Gasteiger partial charge >= 0.3 is 0 Å². The molecule has 0 saturated carbocycles. The molecule has 146 valence electrons. The maximum atomic E-state index is 4.71. The number of nitrogens with zero attached hydrogens (tertiary/aromatic N) is 1. The van der Waals surface area contributed by atoms with Crippen LogP contribution in [0.15, 0.2) is 72.9 Å². The van der Waals surface area contributed by atoms with Crippen LogP contribution in [0.25, 0.3) is 0 Å². The van der Waals surface area contributed by atoms with E-state index in [4.69, 9.17) is 4.98 Å². The van der Waals surface area contributed by atoms with E-state index in [0.29, 0.717) is 11.8 Å². The van der Waals surface area contributed by atoms with Crippen LogP contribution in [0.1, 0.15) is 68.8 Å². The largest absolute Gasteiger partial charge is 0.383 e. The van der Waals surface area contributed by atoms with Crippen molar-refractivity contribution in [1.82, 2.24) is 4.98 Å². The molecule has 1 N–H and O–H groups in total. The second kappa shape index (κ2) is 8.60. The smallest absolute Gasteiger partial charge is 0.0524 e. The van der Waals surface area contributed by atoms with E-state index in [1.807, 2.05) is 12.3 Å². The van der Waals surface area contributed by atoms with Gasteiger partial charge in [-0.3, -0.25) is 4.98 Å². The number of hydrogen-bond acceptors (Lipinski definition) is 2. The van der Waals surface area contributed by atoms with Crippen molar-refractivity contribution >= 4 is 5.69 Å². The molecule has 3 aromatic rings. The molecule has 2 nitrogen and oxygen atoms in total. The molecular formula is C26H32N2. The Morgan fingerprint density at radius 3 is 1.93 bits per heavy atom. The van der Waals surface area contributed by atoms with E-state index >= 15 is 0 Å². The Labute approximate surface area is 170 Å². The molecule has 0 saturated heterocycles. The van der Waals surface area contributed by atoms with Gasteiger partial charge in [0.1, 0.15) is 0 Å². The molecule has 3 rings (SSSR count). The SMILES string of the molecule is CC(C)c1cccc(C(C)C)c1NC[C@](C)(c1ccccc1)c1ccccn1. The number of benzene rings is 2. The predicted molar refractivity (Wildman–Crippen MR) is 120 cm³/mol. The first-order chi connectivity index (χ1) is 13.4. The Kier molecular flexibility index (Phi) is 6.18. The maximum Gasteiger partial charge on any atom is 0.0524 e. The summed E-state index contributed by atoms with van der Waals surface area (Å²) in [7, 11) is 0. The van der Waals surface area contributed by atoms with Crippen molar-refractivity contribution in [3.05, 3.63) is 95.3 Å². The van der Waals surface area contributed by atoms with Crippen LogP contribution in [0.5, 0.6) is 0 Å². The Balaban J connectivity index is 2.03. The maximum absolute atomic E-state index is 4.71. The molecule has 28 heavy (non-hydrogen) atoms. The van der Waals surface area contributed by atoms with Gasteiger partial charge in [-0.15, -0.1) is 0 Å². The summed E-state index contributed by atoms with van der Waals surface area (Å²) < 4.78 is 0. The molecule has 0 bridgehead atoms. The number of pyridine rings is 1. The molecular weight excluding hydrogens is 340 g/mol. The van der Waals surface area contributed by atoms with E-state index in [9.17, 15) is 0 Å². The van der Waals surface area contributed by atoms with E-state index in [1.54, 1.807) is 0 Å². The molecule has 0 amide bonds. The number of aromatic nitrogens is 1. The average molecular weight is 373 g/mol. The third kappa shape index (κ3) is 4.11. The van der Waals surface area contributed by atoms with Crippen LogP contribution in [-0.4, -0.2) is 11.5 Å². The monoisotopic (exact) mass is 372 g/mol. The van der Waals surface area contributed by atoms with Crippen molar-refractivity contribution in [3.63, 3.8) is 0 Å². The van der Waals surface area contributed by atoms with Gasteiger partial charge in [0.15, 0.2) is 0 Å². The lowest BCUT2D eigenvalue weighted by Crippen LogP contribution is -2.34. The third-order valence-corrected chi connectivity index (χ3v) is 5.63. The van der Waals surface area contributed by atoms with Gasteiger partial charge in [-0.05, 0) is 47.6 Å². The van der Waals surface area contributed by atoms with Crippen molar-refractivity contribution < 1.29 is 0 Å². The lowest BCUT2D eigenvalue weighted by molar-refractivity contribution is 0.582. The lowest BCUT2D eigenvalue weighted by Gasteiger charge is -2.32. The van der Waals surface area contributed by atoms with E-state index in [2.05, 4.69) is 101 Å². The number of nitrogens with one attached hydrogen (secondary N) is 1. The Morgan fingerprint density at radius 1 is 0.786 bits per heavy atom. The van der Waals surface area contributed by atoms with Crippen LogP contribution in [0.4, 0.5) is 5.69 Å². The molecule has 1 aromatic heterocycles. The van der Waals surface area contributed by atoms with Gasteiger partial charge in [0.25, 0.3) is 0 Å². The molecule has 0 unspecified atom stereocenters. The van der Waals surface area contributed by atoms with Gasteiger partial charge < -0.3 is 5.32 Å². The normalized spacial score (nSPS) is 13.5. The van der Waals surface area contributed by atoms with Crippen LogP contribution in [0.3, 0.4) is 0 Å². The molecule has 0 fully saturated rings. The van der Waals surface area contributed by atoms with Crippen LogP contribution in [-0.2, 0) is 5.41 Å². The Bertz CT molecular complexity index is 817. The van der Waals surface area contributed by atoms with Gasteiger partial charge in [-0.25, -0.2) is 0 Å². The van der Waals surface area contributed by atoms with Crippen LogP contribution in [0.2, 0.25) is 0 Å². The number of hydrogen-bond donors (Lipinski definition) is 1. The molecule has 0 aliphatic rings. The first-order valence-corrected chi connectivity index (χ1v) is 10.3. The molecule has 2 aromatic carbocycles. The Morgan fingerprint density at radius 2 is 1.39 bits per heavy atom. The van der Waals surface area contributed by atoms with Crippen LogP contribution >= 0.6 is 0 Å². The molecule has 0 radical (unpaired) electrons. The van der Waals surface area contributed by atoms with Crippen molar-refractivity contribution in [3.8, 4) is 0 Å². The standard InChI is InChI=1S/C26H32N2/c1-19(2)22-14-11-15-23(20(3)4)25(22)28-18-26(5,21-12-7-6-8-13-21)24-16-9-10-17-27-24/h6-17,19-20,28H,18H2,1-5H3/t26-/m1/s1. The minimum absolute atomic E-state index is 0.221. The molecule has 1 atom stereocenters. The second-order valence-corrected chi connectivity index (χ2v) is 8.39. The third-order valence-electron chi connectivity index (χ3n) is 5.63. The summed E-state index contributed by atoms with van der Waals surface area (Å²) >= 11 is 0. The zero-order valence-electron chi connectivity index (χ0n) is 17.7. The molecule has 2 heteroatoms.